The third kappa shape index (κ3) is 5.20. The van der Waals surface area contributed by atoms with Crippen molar-refractivity contribution in [3.63, 3.8) is 0 Å². The first-order valence-electron chi connectivity index (χ1n) is 5.55. The molecule has 94 valence electrons. The van der Waals surface area contributed by atoms with E-state index in [-0.39, 0.29) is 17.9 Å². The number of aliphatic hydroxyl groups is 1. The van der Waals surface area contributed by atoms with Crippen molar-refractivity contribution >= 4 is 17.5 Å². The molecule has 0 aromatic heterocycles. The average molecular weight is 256 g/mol. The normalized spacial score (nSPS) is 11.3. The minimum absolute atomic E-state index is 0.0474. The van der Waals surface area contributed by atoms with Gasteiger partial charge in [0.1, 0.15) is 0 Å². The summed E-state index contributed by atoms with van der Waals surface area (Å²) in [4.78, 5) is 11.6. The van der Waals surface area contributed by atoms with Crippen LogP contribution in [0.4, 0.5) is 0 Å². The second-order valence-electron chi connectivity index (χ2n) is 4.90. The molecule has 0 saturated heterocycles. The Labute approximate surface area is 107 Å². The zero-order valence-corrected chi connectivity index (χ0v) is 10.9. The van der Waals surface area contributed by atoms with E-state index in [1.807, 2.05) is 26.0 Å². The molecule has 0 aliphatic heterocycles. The van der Waals surface area contributed by atoms with Crippen LogP contribution in [0.1, 0.15) is 19.4 Å². The molecule has 0 aliphatic carbocycles. The largest absolute Gasteiger partial charge is 0.396 e. The quantitative estimate of drug-likeness (QED) is 0.846. The van der Waals surface area contributed by atoms with Crippen molar-refractivity contribution in [3.8, 4) is 0 Å². The van der Waals surface area contributed by atoms with Gasteiger partial charge in [0.2, 0.25) is 5.91 Å². The average Bonchev–Trinajstić information content (AvgIpc) is 2.30. The van der Waals surface area contributed by atoms with Gasteiger partial charge in [0.25, 0.3) is 0 Å². The van der Waals surface area contributed by atoms with Crippen LogP contribution in [-0.2, 0) is 11.2 Å². The molecule has 0 heterocycles. The predicted octanol–water partition coefficient (Wildman–Crippen LogP) is 2.02. The van der Waals surface area contributed by atoms with Gasteiger partial charge in [0.15, 0.2) is 0 Å². The summed E-state index contributed by atoms with van der Waals surface area (Å²) in [5, 5.41) is 12.5. The van der Waals surface area contributed by atoms with Gasteiger partial charge in [-0.15, -0.1) is 0 Å². The van der Waals surface area contributed by atoms with Gasteiger partial charge in [-0.2, -0.15) is 0 Å². The summed E-state index contributed by atoms with van der Waals surface area (Å²) in [6, 6.07) is 7.20. The van der Waals surface area contributed by atoms with E-state index in [0.717, 1.165) is 5.56 Å². The molecule has 1 aromatic rings. The molecule has 1 aromatic carbocycles. The number of carbonyl (C=O) groups excluding carboxylic acids is 1. The van der Waals surface area contributed by atoms with E-state index in [1.54, 1.807) is 12.1 Å². The number of amides is 1. The van der Waals surface area contributed by atoms with Crippen molar-refractivity contribution in [1.29, 1.82) is 0 Å². The lowest BCUT2D eigenvalue weighted by molar-refractivity contribution is -0.121. The van der Waals surface area contributed by atoms with Crippen LogP contribution in [0.2, 0.25) is 5.02 Å². The van der Waals surface area contributed by atoms with Crippen LogP contribution >= 0.6 is 11.6 Å². The number of rotatable bonds is 5. The zero-order chi connectivity index (χ0) is 12.9. The first-order chi connectivity index (χ1) is 7.93. The lowest BCUT2D eigenvalue weighted by atomic mass is 9.95. The molecule has 17 heavy (non-hydrogen) atoms. The maximum atomic E-state index is 11.6. The molecule has 0 radical (unpaired) electrons. The second kappa shape index (κ2) is 6.03. The SMILES string of the molecule is CC(C)(CO)CNC(=O)Cc1ccc(Cl)cc1. The summed E-state index contributed by atoms with van der Waals surface area (Å²) < 4.78 is 0. The van der Waals surface area contributed by atoms with E-state index in [0.29, 0.717) is 18.0 Å². The molecule has 0 unspecified atom stereocenters. The Kier molecular flexibility index (Phi) is 4.97. The number of halogens is 1. The number of hydrogen-bond donors (Lipinski definition) is 2. The Morgan fingerprint density at radius 2 is 1.94 bits per heavy atom. The molecule has 2 N–H and O–H groups in total. The third-order valence-electron chi connectivity index (χ3n) is 2.47. The third-order valence-corrected chi connectivity index (χ3v) is 2.72. The van der Waals surface area contributed by atoms with E-state index in [4.69, 9.17) is 16.7 Å². The van der Waals surface area contributed by atoms with E-state index in [2.05, 4.69) is 5.32 Å². The molecule has 0 bridgehead atoms. The predicted molar refractivity (Wildman–Crippen MR) is 69.0 cm³/mol. The van der Waals surface area contributed by atoms with Crippen LogP contribution in [0.5, 0.6) is 0 Å². The lowest BCUT2D eigenvalue weighted by Gasteiger charge is -2.21. The summed E-state index contributed by atoms with van der Waals surface area (Å²) in [5.74, 6) is -0.0474. The highest BCUT2D eigenvalue weighted by atomic mass is 35.5. The molecular formula is C13H18ClNO2. The molecule has 0 aliphatic rings. The Bertz CT molecular complexity index is 374. The smallest absolute Gasteiger partial charge is 0.224 e. The first-order valence-corrected chi connectivity index (χ1v) is 5.93. The van der Waals surface area contributed by atoms with E-state index in [9.17, 15) is 4.79 Å². The van der Waals surface area contributed by atoms with Crippen molar-refractivity contribution in [2.45, 2.75) is 20.3 Å². The maximum Gasteiger partial charge on any atom is 0.224 e. The second-order valence-corrected chi connectivity index (χ2v) is 5.34. The fraction of sp³-hybridized carbons (Fsp3) is 0.462. The Balaban J connectivity index is 2.42. The summed E-state index contributed by atoms with van der Waals surface area (Å²) in [7, 11) is 0. The van der Waals surface area contributed by atoms with Gasteiger partial charge in [-0.05, 0) is 17.7 Å². The Hall–Kier alpha value is -1.06. The topological polar surface area (TPSA) is 49.3 Å². The van der Waals surface area contributed by atoms with Gasteiger partial charge in [-0.3, -0.25) is 4.79 Å². The minimum Gasteiger partial charge on any atom is -0.396 e. The molecule has 4 heteroatoms. The van der Waals surface area contributed by atoms with E-state index >= 15 is 0 Å². The van der Waals surface area contributed by atoms with Gasteiger partial charge >= 0.3 is 0 Å². The fourth-order valence-electron chi connectivity index (χ4n) is 1.24. The van der Waals surface area contributed by atoms with Gasteiger partial charge in [-0.25, -0.2) is 0 Å². The molecule has 1 rings (SSSR count). The van der Waals surface area contributed by atoms with Crippen LogP contribution in [0, 0.1) is 5.41 Å². The van der Waals surface area contributed by atoms with Crippen molar-refractivity contribution in [2.24, 2.45) is 5.41 Å². The molecule has 1 amide bonds. The van der Waals surface area contributed by atoms with Crippen LogP contribution in [0.25, 0.3) is 0 Å². The Morgan fingerprint density at radius 3 is 2.47 bits per heavy atom. The van der Waals surface area contributed by atoms with Crippen LogP contribution in [0.3, 0.4) is 0 Å². The summed E-state index contributed by atoms with van der Waals surface area (Å²) in [6.07, 6.45) is 0.332. The number of benzene rings is 1. The first kappa shape index (κ1) is 14.0. The highest BCUT2D eigenvalue weighted by molar-refractivity contribution is 6.30. The van der Waals surface area contributed by atoms with E-state index in [1.165, 1.54) is 0 Å². The standard InChI is InChI=1S/C13H18ClNO2/c1-13(2,9-16)8-15-12(17)7-10-3-5-11(14)6-4-10/h3-6,16H,7-9H2,1-2H3,(H,15,17). The highest BCUT2D eigenvalue weighted by Gasteiger charge is 2.17. The summed E-state index contributed by atoms with van der Waals surface area (Å²) in [5.41, 5.74) is 0.643. The summed E-state index contributed by atoms with van der Waals surface area (Å²) in [6.45, 7) is 4.31. The van der Waals surface area contributed by atoms with Crippen molar-refractivity contribution in [1.82, 2.24) is 5.32 Å². The van der Waals surface area contributed by atoms with Crippen molar-refractivity contribution in [3.05, 3.63) is 34.9 Å². The lowest BCUT2D eigenvalue weighted by Crippen LogP contribution is -2.36. The molecule has 0 atom stereocenters. The molecule has 0 fully saturated rings. The summed E-state index contributed by atoms with van der Waals surface area (Å²) >= 11 is 5.76. The van der Waals surface area contributed by atoms with Gasteiger partial charge < -0.3 is 10.4 Å². The van der Waals surface area contributed by atoms with Crippen LogP contribution < -0.4 is 5.32 Å². The van der Waals surface area contributed by atoms with Crippen LogP contribution in [-0.4, -0.2) is 24.2 Å². The molecule has 3 nitrogen and oxygen atoms in total. The fourth-order valence-corrected chi connectivity index (χ4v) is 1.37. The number of aliphatic hydroxyl groups excluding tert-OH is 1. The minimum atomic E-state index is -0.282. The number of hydrogen-bond acceptors (Lipinski definition) is 2. The zero-order valence-electron chi connectivity index (χ0n) is 10.2. The number of nitrogens with one attached hydrogen (secondary N) is 1. The van der Waals surface area contributed by atoms with Crippen LogP contribution in [0.15, 0.2) is 24.3 Å². The number of carbonyl (C=O) groups is 1. The maximum absolute atomic E-state index is 11.6. The molecule has 0 saturated carbocycles. The monoisotopic (exact) mass is 255 g/mol. The van der Waals surface area contributed by atoms with Gasteiger partial charge in [-0.1, -0.05) is 37.6 Å². The van der Waals surface area contributed by atoms with Gasteiger partial charge in [0, 0.05) is 23.6 Å². The van der Waals surface area contributed by atoms with E-state index < -0.39 is 0 Å². The Morgan fingerprint density at radius 1 is 1.35 bits per heavy atom. The molecular weight excluding hydrogens is 238 g/mol. The van der Waals surface area contributed by atoms with Crippen molar-refractivity contribution < 1.29 is 9.90 Å². The highest BCUT2D eigenvalue weighted by Crippen LogP contribution is 2.12. The van der Waals surface area contributed by atoms with Gasteiger partial charge in [0.05, 0.1) is 6.42 Å². The van der Waals surface area contributed by atoms with Crippen molar-refractivity contribution in [2.75, 3.05) is 13.2 Å². The molecule has 0 spiro atoms.